The summed E-state index contributed by atoms with van der Waals surface area (Å²) < 4.78 is 16.3. The van der Waals surface area contributed by atoms with Gasteiger partial charge in [-0.2, -0.15) is 0 Å². The molecule has 29 heavy (non-hydrogen) atoms. The maximum Gasteiger partial charge on any atom is 0.191 e. The second-order valence-corrected chi connectivity index (χ2v) is 7.55. The third-order valence-corrected chi connectivity index (χ3v) is 4.98. The van der Waals surface area contributed by atoms with Gasteiger partial charge in [-0.25, -0.2) is 0 Å². The van der Waals surface area contributed by atoms with Crippen molar-refractivity contribution in [1.29, 1.82) is 0 Å². The van der Waals surface area contributed by atoms with Crippen LogP contribution >= 0.6 is 0 Å². The van der Waals surface area contributed by atoms with Crippen LogP contribution in [-0.4, -0.2) is 40.9 Å². The van der Waals surface area contributed by atoms with Crippen molar-refractivity contribution in [2.75, 3.05) is 34.9 Å². The molecule has 0 aromatic heterocycles. The lowest BCUT2D eigenvalue weighted by molar-refractivity contribution is 0.353. The van der Waals surface area contributed by atoms with Gasteiger partial charge in [-0.15, -0.1) is 0 Å². The summed E-state index contributed by atoms with van der Waals surface area (Å²) in [7, 11) is 6.75. The topological polar surface area (TPSA) is 64.1 Å². The predicted octanol–water partition coefficient (Wildman–Crippen LogP) is 3.66. The molecule has 0 fully saturated rings. The molecule has 0 saturated carbocycles. The van der Waals surface area contributed by atoms with Crippen LogP contribution in [0.1, 0.15) is 30.5 Å². The Balaban J connectivity index is 2.03. The van der Waals surface area contributed by atoms with Crippen LogP contribution in [0.5, 0.6) is 17.2 Å². The van der Waals surface area contributed by atoms with E-state index in [0.29, 0.717) is 13.1 Å². The summed E-state index contributed by atoms with van der Waals surface area (Å²) in [6.07, 6.45) is 0. The molecule has 0 aliphatic carbocycles. The van der Waals surface area contributed by atoms with Gasteiger partial charge in [-0.05, 0) is 36.2 Å². The summed E-state index contributed by atoms with van der Waals surface area (Å²) in [5, 5.41) is 6.78. The van der Waals surface area contributed by atoms with Gasteiger partial charge < -0.3 is 24.8 Å². The molecule has 0 bridgehead atoms. The van der Waals surface area contributed by atoms with Crippen LogP contribution in [0.2, 0.25) is 0 Å². The van der Waals surface area contributed by atoms with Crippen molar-refractivity contribution in [1.82, 2.24) is 10.6 Å². The van der Waals surface area contributed by atoms with E-state index in [1.165, 1.54) is 5.56 Å². The molecule has 0 amide bonds. The smallest absolute Gasteiger partial charge is 0.191 e. The number of benzene rings is 2. The van der Waals surface area contributed by atoms with E-state index in [1.807, 2.05) is 18.2 Å². The van der Waals surface area contributed by atoms with Crippen LogP contribution in [0.25, 0.3) is 0 Å². The number of hydrogen-bond donors (Lipinski definition) is 2. The predicted molar refractivity (Wildman–Crippen MR) is 119 cm³/mol. The second-order valence-electron chi connectivity index (χ2n) is 7.55. The average Bonchev–Trinajstić information content (AvgIpc) is 2.73. The molecule has 2 aromatic rings. The van der Waals surface area contributed by atoms with Crippen LogP contribution < -0.4 is 24.8 Å². The van der Waals surface area contributed by atoms with Gasteiger partial charge in [-0.3, -0.25) is 4.99 Å². The van der Waals surface area contributed by atoms with E-state index in [2.05, 4.69) is 54.6 Å². The number of rotatable bonds is 8. The molecule has 6 nitrogen and oxygen atoms in total. The first-order valence-corrected chi connectivity index (χ1v) is 9.65. The Kier molecular flexibility index (Phi) is 7.76. The van der Waals surface area contributed by atoms with E-state index in [1.54, 1.807) is 28.4 Å². The average molecular weight is 400 g/mol. The lowest BCUT2D eigenvalue weighted by Gasteiger charge is -2.27. The molecule has 2 N–H and O–H groups in total. The minimum absolute atomic E-state index is 0.140. The summed E-state index contributed by atoms with van der Waals surface area (Å²) >= 11 is 0. The van der Waals surface area contributed by atoms with E-state index >= 15 is 0 Å². The van der Waals surface area contributed by atoms with Crippen LogP contribution in [-0.2, 0) is 12.0 Å². The standard InChI is InChI=1S/C23H33N3O3/c1-16-8-9-17(20(12-16)28-6)14-25-22(24-4)26-15-23(2,3)18-10-11-19(27-5)21(13-18)29-7/h8-13H,14-15H2,1-7H3,(H2,24,25,26). The molecule has 158 valence electrons. The largest absolute Gasteiger partial charge is 0.496 e. The Labute approximate surface area is 174 Å². The summed E-state index contributed by atoms with van der Waals surface area (Å²) in [6.45, 7) is 7.73. The molecule has 0 heterocycles. The van der Waals surface area contributed by atoms with E-state index in [0.717, 1.165) is 34.3 Å². The summed E-state index contributed by atoms with van der Waals surface area (Å²) in [5.41, 5.74) is 3.27. The molecule has 2 rings (SSSR count). The number of ether oxygens (including phenoxy) is 3. The van der Waals surface area contributed by atoms with Gasteiger partial charge in [0.1, 0.15) is 5.75 Å². The first-order chi connectivity index (χ1) is 13.8. The fourth-order valence-corrected chi connectivity index (χ4v) is 3.06. The van der Waals surface area contributed by atoms with Crippen molar-refractivity contribution in [3.8, 4) is 17.2 Å². The fraction of sp³-hybridized carbons (Fsp3) is 0.435. The Bertz CT molecular complexity index is 847. The van der Waals surface area contributed by atoms with E-state index in [-0.39, 0.29) is 5.41 Å². The molecule has 0 aliphatic heterocycles. The van der Waals surface area contributed by atoms with E-state index in [9.17, 15) is 0 Å². The number of hydrogen-bond acceptors (Lipinski definition) is 4. The summed E-state index contributed by atoms with van der Waals surface area (Å²) in [4.78, 5) is 4.34. The van der Waals surface area contributed by atoms with Crippen molar-refractivity contribution in [2.45, 2.75) is 32.7 Å². The second kappa shape index (κ2) is 10.0. The molecule has 0 radical (unpaired) electrons. The van der Waals surface area contributed by atoms with E-state index < -0.39 is 0 Å². The van der Waals surface area contributed by atoms with Gasteiger partial charge in [0, 0.05) is 31.1 Å². The van der Waals surface area contributed by atoms with Gasteiger partial charge >= 0.3 is 0 Å². The summed E-state index contributed by atoms with van der Waals surface area (Å²) in [6, 6.07) is 12.2. The number of aryl methyl sites for hydroxylation is 1. The highest BCUT2D eigenvalue weighted by molar-refractivity contribution is 5.79. The van der Waals surface area contributed by atoms with Gasteiger partial charge in [0.05, 0.1) is 21.3 Å². The molecule has 0 unspecified atom stereocenters. The first-order valence-electron chi connectivity index (χ1n) is 9.65. The Morgan fingerprint density at radius 1 is 0.897 bits per heavy atom. The monoisotopic (exact) mass is 399 g/mol. The summed E-state index contributed by atoms with van der Waals surface area (Å²) in [5.74, 6) is 3.07. The molecule has 0 spiro atoms. The van der Waals surface area contributed by atoms with Gasteiger partial charge in [0.2, 0.25) is 0 Å². The van der Waals surface area contributed by atoms with Gasteiger partial charge in [0.15, 0.2) is 17.5 Å². The van der Waals surface area contributed by atoms with Gasteiger partial charge in [0.25, 0.3) is 0 Å². The number of methoxy groups -OCH3 is 3. The molecule has 0 atom stereocenters. The third-order valence-electron chi connectivity index (χ3n) is 4.98. The van der Waals surface area contributed by atoms with Crippen LogP contribution in [0.3, 0.4) is 0 Å². The fourth-order valence-electron chi connectivity index (χ4n) is 3.06. The zero-order chi connectivity index (χ0) is 21.4. The van der Waals surface area contributed by atoms with Crippen LogP contribution in [0.4, 0.5) is 0 Å². The Morgan fingerprint density at radius 2 is 1.59 bits per heavy atom. The van der Waals surface area contributed by atoms with Crippen LogP contribution in [0.15, 0.2) is 41.4 Å². The highest BCUT2D eigenvalue weighted by Crippen LogP contribution is 2.32. The number of nitrogens with zero attached hydrogens (tertiary/aromatic N) is 1. The SMILES string of the molecule is CN=C(NCc1ccc(C)cc1OC)NCC(C)(C)c1ccc(OC)c(OC)c1. The number of aliphatic imine (C=N–C) groups is 1. The van der Waals surface area contributed by atoms with Crippen molar-refractivity contribution in [3.63, 3.8) is 0 Å². The van der Waals surface area contributed by atoms with Crippen LogP contribution in [0, 0.1) is 6.92 Å². The molecule has 0 aliphatic rings. The molecular formula is C23H33N3O3. The Hall–Kier alpha value is -2.89. The van der Waals surface area contributed by atoms with Gasteiger partial charge in [-0.1, -0.05) is 32.0 Å². The van der Waals surface area contributed by atoms with Crippen molar-refractivity contribution < 1.29 is 14.2 Å². The van der Waals surface area contributed by atoms with E-state index in [4.69, 9.17) is 14.2 Å². The lowest BCUT2D eigenvalue weighted by Crippen LogP contribution is -2.43. The quantitative estimate of drug-likeness (QED) is 0.524. The minimum Gasteiger partial charge on any atom is -0.496 e. The molecule has 0 saturated heterocycles. The van der Waals surface area contributed by atoms with Crippen molar-refractivity contribution >= 4 is 5.96 Å². The minimum atomic E-state index is -0.140. The maximum absolute atomic E-state index is 5.48. The number of nitrogens with one attached hydrogen (secondary N) is 2. The normalized spacial score (nSPS) is 11.8. The molecule has 2 aromatic carbocycles. The van der Waals surface area contributed by atoms with Crippen molar-refractivity contribution in [3.05, 3.63) is 53.1 Å². The zero-order valence-corrected chi connectivity index (χ0v) is 18.6. The molecular weight excluding hydrogens is 366 g/mol. The first kappa shape index (κ1) is 22.4. The molecule has 6 heteroatoms. The van der Waals surface area contributed by atoms with Crippen molar-refractivity contribution in [2.24, 2.45) is 4.99 Å². The number of guanidine groups is 1. The maximum atomic E-state index is 5.48. The zero-order valence-electron chi connectivity index (χ0n) is 18.6. The highest BCUT2D eigenvalue weighted by Gasteiger charge is 2.22. The third kappa shape index (κ3) is 5.79. The lowest BCUT2D eigenvalue weighted by atomic mass is 9.84. The highest BCUT2D eigenvalue weighted by atomic mass is 16.5. The Morgan fingerprint density at radius 3 is 2.21 bits per heavy atom.